The summed E-state index contributed by atoms with van der Waals surface area (Å²) in [7, 11) is -1.98. The van der Waals surface area contributed by atoms with Crippen molar-refractivity contribution in [2.24, 2.45) is 0 Å². The molecule has 0 aromatic carbocycles. The van der Waals surface area contributed by atoms with E-state index in [9.17, 15) is 4.80 Å². The molecule has 4 nitrogen and oxygen atoms in total. The van der Waals surface area contributed by atoms with Gasteiger partial charge in [-0.15, -0.1) is 0 Å². The summed E-state index contributed by atoms with van der Waals surface area (Å²) in [6.45, 7) is 20.1. The molecule has 27 heavy (non-hydrogen) atoms. The van der Waals surface area contributed by atoms with Crippen molar-refractivity contribution < 1.29 is 46.0 Å². The van der Waals surface area contributed by atoms with Gasteiger partial charge in [-0.05, 0) is 35.9 Å². The van der Waals surface area contributed by atoms with Crippen LogP contribution in [0.2, 0.25) is 16.6 Å². The monoisotopic (exact) mass is 576 g/mol. The molecule has 0 spiro atoms. The van der Waals surface area contributed by atoms with Crippen LogP contribution < -0.4 is 0 Å². The summed E-state index contributed by atoms with van der Waals surface area (Å²) in [5.74, 6) is 0. The van der Waals surface area contributed by atoms with E-state index in [-0.39, 0.29) is 25.8 Å². The summed E-state index contributed by atoms with van der Waals surface area (Å²) in [4.78, 5) is 10.4. The van der Waals surface area contributed by atoms with E-state index in [1.165, 1.54) is 0 Å². The smallest absolute Gasteiger partial charge is 0.196 e. The molecule has 0 aliphatic heterocycles. The number of unbranched alkanes of at least 4 members (excludes halogenated alkanes) is 3. The first-order valence-corrected chi connectivity index (χ1v) is 12.8. The SMILES string of the molecule is CC(C)[Si](O)(C(C)C)C(C)C.CCCCO.CCCCO.CCCCO.[Hf]. The van der Waals surface area contributed by atoms with E-state index in [1.807, 2.05) is 0 Å². The minimum atomic E-state index is -1.98. The van der Waals surface area contributed by atoms with Gasteiger partial charge in [-0.1, -0.05) is 81.6 Å². The van der Waals surface area contributed by atoms with Gasteiger partial charge in [0.25, 0.3) is 0 Å². The zero-order valence-electron chi connectivity index (χ0n) is 19.9. The fourth-order valence-corrected chi connectivity index (χ4v) is 6.47. The Bertz CT molecular complexity index is 198. The molecule has 0 bridgehead atoms. The van der Waals surface area contributed by atoms with Crippen molar-refractivity contribution in [1.29, 1.82) is 0 Å². The number of rotatable bonds is 9. The van der Waals surface area contributed by atoms with Crippen LogP contribution in [0.1, 0.15) is 101 Å². The molecular weight excluding hydrogens is 523 g/mol. The Morgan fingerprint density at radius 3 is 0.741 bits per heavy atom. The largest absolute Gasteiger partial charge is 0.431 e. The molecule has 168 valence electrons. The van der Waals surface area contributed by atoms with Crippen LogP contribution in [0.25, 0.3) is 0 Å². The van der Waals surface area contributed by atoms with Gasteiger partial charge in [-0.3, -0.25) is 0 Å². The number of hydrogen-bond donors (Lipinski definition) is 4. The van der Waals surface area contributed by atoms with Gasteiger partial charge in [0.05, 0.1) is 0 Å². The van der Waals surface area contributed by atoms with Crippen LogP contribution in [0.4, 0.5) is 0 Å². The average molecular weight is 575 g/mol. The van der Waals surface area contributed by atoms with Gasteiger partial charge in [0.15, 0.2) is 8.32 Å². The van der Waals surface area contributed by atoms with Crippen LogP contribution in [0.15, 0.2) is 0 Å². The van der Waals surface area contributed by atoms with Gasteiger partial charge in [0.2, 0.25) is 0 Å². The van der Waals surface area contributed by atoms with Crippen LogP contribution in [0.5, 0.6) is 0 Å². The number of hydrogen-bond acceptors (Lipinski definition) is 4. The standard InChI is InChI=1S/C9H22OSi.3C4H10O.Hf/c1-7(2)11(10,8(3)4)9(5)6;3*1-2-3-4-5;/h7-10H,1-6H3;3*5H,2-4H2,1H3;. The van der Waals surface area contributed by atoms with Gasteiger partial charge in [-0.2, -0.15) is 0 Å². The summed E-state index contributed by atoms with van der Waals surface area (Å²) in [6, 6.07) is 0. The summed E-state index contributed by atoms with van der Waals surface area (Å²) in [5.41, 5.74) is 1.42. The van der Waals surface area contributed by atoms with E-state index >= 15 is 0 Å². The first kappa shape index (κ1) is 38.5. The summed E-state index contributed by atoms with van der Waals surface area (Å²) in [6.07, 6.45) is 6.11. The third-order valence-corrected chi connectivity index (χ3v) is 9.86. The molecule has 4 N–H and O–H groups in total. The maximum atomic E-state index is 10.4. The fraction of sp³-hybridized carbons (Fsp3) is 1.00. The molecule has 0 radical (unpaired) electrons. The zero-order valence-corrected chi connectivity index (χ0v) is 24.5. The molecule has 0 saturated heterocycles. The van der Waals surface area contributed by atoms with Crippen LogP contribution >= 0.6 is 0 Å². The first-order chi connectivity index (χ1) is 12.1. The molecule has 0 aromatic rings. The molecule has 0 aliphatic rings. The van der Waals surface area contributed by atoms with Crippen LogP contribution in [0, 0.1) is 0 Å². The van der Waals surface area contributed by atoms with Gasteiger partial charge >= 0.3 is 0 Å². The van der Waals surface area contributed by atoms with Crippen LogP contribution in [-0.2, 0) is 25.8 Å². The predicted molar refractivity (Wildman–Crippen MR) is 119 cm³/mol. The summed E-state index contributed by atoms with van der Waals surface area (Å²) >= 11 is 0. The molecule has 0 unspecified atom stereocenters. The molecule has 0 saturated carbocycles. The third kappa shape index (κ3) is 26.9. The van der Waals surface area contributed by atoms with Crippen molar-refractivity contribution in [3.8, 4) is 0 Å². The number of aliphatic hydroxyl groups excluding tert-OH is 3. The van der Waals surface area contributed by atoms with E-state index < -0.39 is 8.32 Å². The van der Waals surface area contributed by atoms with Crippen molar-refractivity contribution in [2.45, 2.75) is 117 Å². The molecule has 0 aliphatic carbocycles. The summed E-state index contributed by atoms with van der Waals surface area (Å²) in [5, 5.41) is 24.2. The maximum Gasteiger partial charge on any atom is 0.196 e. The molecular formula is C21H52HfO4Si. The Labute approximate surface area is 191 Å². The normalized spacial score (nSPS) is 10.2. The first-order valence-electron chi connectivity index (χ1n) is 10.6. The minimum Gasteiger partial charge on any atom is -0.431 e. The second kappa shape index (κ2) is 29.1. The maximum absolute atomic E-state index is 10.4. The van der Waals surface area contributed by atoms with Gasteiger partial charge in [0, 0.05) is 45.7 Å². The van der Waals surface area contributed by atoms with Crippen LogP contribution in [0.3, 0.4) is 0 Å². The van der Waals surface area contributed by atoms with E-state index in [1.54, 1.807) is 0 Å². The Morgan fingerprint density at radius 2 is 0.741 bits per heavy atom. The van der Waals surface area contributed by atoms with E-state index in [0.29, 0.717) is 36.4 Å². The molecule has 0 amide bonds. The van der Waals surface area contributed by atoms with Crippen molar-refractivity contribution in [2.75, 3.05) is 19.8 Å². The van der Waals surface area contributed by atoms with Gasteiger partial charge < -0.3 is 20.1 Å². The van der Waals surface area contributed by atoms with Gasteiger partial charge in [0.1, 0.15) is 0 Å². The number of aliphatic hydroxyl groups is 3. The van der Waals surface area contributed by atoms with Crippen molar-refractivity contribution >= 4 is 8.32 Å². The Hall–Kier alpha value is 0.927. The Kier molecular flexibility index (Phi) is 41.6. The van der Waals surface area contributed by atoms with E-state index in [0.717, 1.165) is 38.5 Å². The minimum absolute atomic E-state index is 0. The van der Waals surface area contributed by atoms with Gasteiger partial charge in [-0.25, -0.2) is 0 Å². The molecule has 0 heterocycles. The molecule has 6 heteroatoms. The second-order valence-electron chi connectivity index (χ2n) is 7.58. The Morgan fingerprint density at radius 1 is 0.556 bits per heavy atom. The average Bonchev–Trinajstić information content (AvgIpc) is 2.57. The van der Waals surface area contributed by atoms with E-state index in [4.69, 9.17) is 15.3 Å². The molecule has 0 atom stereocenters. The molecule has 0 fully saturated rings. The van der Waals surface area contributed by atoms with Crippen molar-refractivity contribution in [3.05, 3.63) is 0 Å². The van der Waals surface area contributed by atoms with Crippen molar-refractivity contribution in [3.63, 3.8) is 0 Å². The summed E-state index contributed by atoms with van der Waals surface area (Å²) < 4.78 is 0. The molecule has 0 rings (SSSR count). The van der Waals surface area contributed by atoms with E-state index in [2.05, 4.69) is 62.3 Å². The third-order valence-electron chi connectivity index (χ3n) is 4.31. The Balaban J connectivity index is -0.0000000858. The van der Waals surface area contributed by atoms with Crippen LogP contribution in [-0.4, -0.2) is 48.3 Å². The van der Waals surface area contributed by atoms with Crippen molar-refractivity contribution in [1.82, 2.24) is 0 Å². The second-order valence-corrected chi connectivity index (χ2v) is 12.8. The zero-order chi connectivity index (χ0) is 21.6. The predicted octanol–water partition coefficient (Wildman–Crippen LogP) is 5.49. The fourth-order valence-electron chi connectivity index (χ4n) is 2.47. The quantitative estimate of drug-likeness (QED) is 0.275. The molecule has 0 aromatic heterocycles. The topological polar surface area (TPSA) is 80.9 Å².